The topological polar surface area (TPSA) is 79.8 Å². The standard InChI is InChI=1S/C5H8N4O/c1-3-2-4(10)7-5(6)9-8-3/h2H2,1H3,(H3,6,7,9,10). The van der Waals surface area contributed by atoms with Gasteiger partial charge in [0.25, 0.3) is 0 Å². The van der Waals surface area contributed by atoms with Crippen molar-refractivity contribution in [1.29, 1.82) is 0 Å². The van der Waals surface area contributed by atoms with Crippen molar-refractivity contribution in [3.05, 3.63) is 0 Å². The molecule has 5 nitrogen and oxygen atoms in total. The Bertz CT molecular complexity index is 196. The van der Waals surface area contributed by atoms with Gasteiger partial charge in [-0.2, -0.15) is 5.10 Å². The van der Waals surface area contributed by atoms with Gasteiger partial charge in [0.05, 0.1) is 6.42 Å². The van der Waals surface area contributed by atoms with E-state index in [2.05, 4.69) is 15.5 Å². The van der Waals surface area contributed by atoms with Crippen LogP contribution in [0.15, 0.2) is 10.2 Å². The van der Waals surface area contributed by atoms with Gasteiger partial charge in [-0.3, -0.25) is 10.1 Å². The zero-order chi connectivity index (χ0) is 7.56. The highest BCUT2D eigenvalue weighted by Gasteiger charge is 2.07. The summed E-state index contributed by atoms with van der Waals surface area (Å²) in [6, 6.07) is 0. The number of carbonyl (C=O) groups is 1. The maximum absolute atomic E-state index is 10.8. The first kappa shape index (κ1) is 6.73. The SMILES string of the molecule is CC1=NN=C(N)NC(=O)C1. The Labute approximate surface area is 58.0 Å². The lowest BCUT2D eigenvalue weighted by Crippen LogP contribution is -2.35. The highest BCUT2D eigenvalue weighted by molar-refractivity contribution is 6.07. The molecule has 0 atom stereocenters. The average molecular weight is 140 g/mol. The Morgan fingerprint density at radius 2 is 2.30 bits per heavy atom. The summed E-state index contributed by atoms with van der Waals surface area (Å²) in [7, 11) is 0. The summed E-state index contributed by atoms with van der Waals surface area (Å²) in [4.78, 5) is 10.8. The quantitative estimate of drug-likeness (QED) is 0.461. The van der Waals surface area contributed by atoms with Crippen molar-refractivity contribution in [2.24, 2.45) is 15.9 Å². The summed E-state index contributed by atoms with van der Waals surface area (Å²) < 4.78 is 0. The molecular weight excluding hydrogens is 132 g/mol. The van der Waals surface area contributed by atoms with Crippen LogP contribution in [0.25, 0.3) is 0 Å². The first-order valence-electron chi connectivity index (χ1n) is 2.85. The Morgan fingerprint density at radius 3 is 3.00 bits per heavy atom. The zero-order valence-corrected chi connectivity index (χ0v) is 5.59. The molecule has 1 heterocycles. The molecule has 1 aliphatic heterocycles. The minimum atomic E-state index is -0.167. The van der Waals surface area contributed by atoms with Gasteiger partial charge in [0, 0.05) is 5.71 Å². The predicted molar refractivity (Wildman–Crippen MR) is 37.5 cm³/mol. The zero-order valence-electron chi connectivity index (χ0n) is 5.59. The van der Waals surface area contributed by atoms with Gasteiger partial charge in [-0.1, -0.05) is 0 Å². The molecule has 3 N–H and O–H groups in total. The fourth-order valence-corrected chi connectivity index (χ4v) is 0.619. The molecule has 0 aromatic rings. The third kappa shape index (κ3) is 1.54. The molecule has 1 aliphatic rings. The van der Waals surface area contributed by atoms with Crippen molar-refractivity contribution in [2.75, 3.05) is 0 Å². The van der Waals surface area contributed by atoms with Gasteiger partial charge in [0.1, 0.15) is 0 Å². The molecule has 1 rings (SSSR count). The van der Waals surface area contributed by atoms with E-state index in [0.29, 0.717) is 5.71 Å². The molecule has 5 heteroatoms. The predicted octanol–water partition coefficient (Wildman–Crippen LogP) is -0.803. The van der Waals surface area contributed by atoms with Crippen molar-refractivity contribution < 1.29 is 4.79 Å². The molecule has 0 saturated carbocycles. The number of hydrogen-bond acceptors (Lipinski definition) is 4. The van der Waals surface area contributed by atoms with Crippen molar-refractivity contribution in [1.82, 2.24) is 5.32 Å². The molecule has 0 unspecified atom stereocenters. The van der Waals surface area contributed by atoms with Crippen LogP contribution in [0.4, 0.5) is 0 Å². The molecule has 0 spiro atoms. The average Bonchev–Trinajstić information content (AvgIpc) is 1.93. The van der Waals surface area contributed by atoms with Crippen molar-refractivity contribution in [3.63, 3.8) is 0 Å². The highest BCUT2D eigenvalue weighted by atomic mass is 16.1. The van der Waals surface area contributed by atoms with Gasteiger partial charge < -0.3 is 5.73 Å². The van der Waals surface area contributed by atoms with Crippen molar-refractivity contribution in [2.45, 2.75) is 13.3 Å². The van der Waals surface area contributed by atoms with Crippen LogP contribution in [0, 0.1) is 0 Å². The third-order valence-electron chi connectivity index (χ3n) is 1.01. The summed E-state index contributed by atoms with van der Waals surface area (Å²) >= 11 is 0. The van der Waals surface area contributed by atoms with E-state index in [1.165, 1.54) is 0 Å². The van der Waals surface area contributed by atoms with E-state index in [0.717, 1.165) is 0 Å². The monoisotopic (exact) mass is 140 g/mol. The van der Waals surface area contributed by atoms with Gasteiger partial charge in [-0.25, -0.2) is 0 Å². The number of nitrogens with zero attached hydrogens (tertiary/aromatic N) is 2. The van der Waals surface area contributed by atoms with Gasteiger partial charge in [-0.05, 0) is 6.92 Å². The van der Waals surface area contributed by atoms with E-state index in [9.17, 15) is 4.79 Å². The minimum absolute atomic E-state index is 0.0573. The number of hydrogen-bond donors (Lipinski definition) is 2. The fraction of sp³-hybridized carbons (Fsp3) is 0.400. The smallest absolute Gasteiger partial charge is 0.232 e. The van der Waals surface area contributed by atoms with E-state index in [1.807, 2.05) is 0 Å². The highest BCUT2D eigenvalue weighted by Crippen LogP contribution is 1.91. The van der Waals surface area contributed by atoms with Crippen LogP contribution in [0.5, 0.6) is 0 Å². The summed E-state index contributed by atoms with van der Waals surface area (Å²) in [5, 5.41) is 9.50. The second-order valence-electron chi connectivity index (χ2n) is 2.05. The van der Waals surface area contributed by atoms with Crippen LogP contribution in [0.2, 0.25) is 0 Å². The Morgan fingerprint density at radius 1 is 1.60 bits per heavy atom. The van der Waals surface area contributed by atoms with Gasteiger partial charge in [-0.15, -0.1) is 5.10 Å². The maximum atomic E-state index is 10.8. The number of guanidine groups is 1. The molecule has 0 aromatic heterocycles. The molecule has 0 aliphatic carbocycles. The molecule has 0 radical (unpaired) electrons. The summed E-state index contributed by atoms with van der Waals surface area (Å²) in [5.41, 5.74) is 5.86. The fourth-order valence-electron chi connectivity index (χ4n) is 0.619. The second-order valence-corrected chi connectivity index (χ2v) is 2.05. The number of nitrogens with two attached hydrogens (primary N) is 1. The molecule has 0 aromatic carbocycles. The minimum Gasteiger partial charge on any atom is -0.368 e. The van der Waals surface area contributed by atoms with Crippen molar-refractivity contribution in [3.8, 4) is 0 Å². The van der Waals surface area contributed by atoms with E-state index in [-0.39, 0.29) is 18.3 Å². The summed E-state index contributed by atoms with van der Waals surface area (Å²) in [5.74, 6) is -0.109. The van der Waals surface area contributed by atoms with Crippen molar-refractivity contribution >= 4 is 17.6 Å². The molecule has 1 amide bonds. The van der Waals surface area contributed by atoms with Crippen LogP contribution in [-0.4, -0.2) is 17.6 Å². The van der Waals surface area contributed by atoms with E-state index in [1.54, 1.807) is 6.92 Å². The lowest BCUT2D eigenvalue weighted by molar-refractivity contribution is -0.118. The molecule has 0 fully saturated rings. The van der Waals surface area contributed by atoms with Crippen LogP contribution in [0.1, 0.15) is 13.3 Å². The maximum Gasteiger partial charge on any atom is 0.232 e. The number of nitrogens with one attached hydrogen (secondary N) is 1. The van der Waals surface area contributed by atoms with Crippen LogP contribution >= 0.6 is 0 Å². The molecule has 0 saturated heterocycles. The second kappa shape index (κ2) is 2.47. The third-order valence-corrected chi connectivity index (χ3v) is 1.01. The van der Waals surface area contributed by atoms with Gasteiger partial charge >= 0.3 is 0 Å². The van der Waals surface area contributed by atoms with E-state index in [4.69, 9.17) is 5.73 Å². The van der Waals surface area contributed by atoms with Crippen LogP contribution < -0.4 is 11.1 Å². The van der Waals surface area contributed by atoms with Gasteiger partial charge in [0.15, 0.2) is 0 Å². The lowest BCUT2D eigenvalue weighted by Gasteiger charge is -1.95. The van der Waals surface area contributed by atoms with Gasteiger partial charge in [0.2, 0.25) is 11.9 Å². The number of amides is 1. The normalized spacial score (nSPS) is 18.7. The molecule has 54 valence electrons. The number of carbonyl (C=O) groups excluding carboxylic acids is 1. The van der Waals surface area contributed by atoms with Crippen LogP contribution in [-0.2, 0) is 4.79 Å². The molecular formula is C5H8N4O. The summed E-state index contributed by atoms with van der Waals surface area (Å²) in [6.07, 6.45) is 0.268. The van der Waals surface area contributed by atoms with E-state index >= 15 is 0 Å². The summed E-state index contributed by atoms with van der Waals surface area (Å²) in [6.45, 7) is 1.72. The Hall–Kier alpha value is -1.39. The first-order chi connectivity index (χ1) is 4.68. The number of rotatable bonds is 0. The molecule has 10 heavy (non-hydrogen) atoms. The molecule has 0 bridgehead atoms. The largest absolute Gasteiger partial charge is 0.368 e. The Balaban J connectivity index is 2.79. The first-order valence-corrected chi connectivity index (χ1v) is 2.85. The Kier molecular flexibility index (Phi) is 1.66. The van der Waals surface area contributed by atoms with Crippen LogP contribution in [0.3, 0.4) is 0 Å². The lowest BCUT2D eigenvalue weighted by atomic mass is 10.3. The van der Waals surface area contributed by atoms with E-state index < -0.39 is 0 Å².